The van der Waals surface area contributed by atoms with Crippen LogP contribution in [0.1, 0.15) is 113 Å². The molecule has 11 nitrogen and oxygen atoms in total. The zero-order chi connectivity index (χ0) is 38.3. The summed E-state index contributed by atoms with van der Waals surface area (Å²) in [6.45, 7) is 7.33. The highest BCUT2D eigenvalue weighted by Crippen LogP contribution is 2.52. The number of carboxylic acids is 1. The summed E-state index contributed by atoms with van der Waals surface area (Å²) in [5, 5.41) is 13.1. The van der Waals surface area contributed by atoms with E-state index in [1.165, 1.54) is 0 Å². The van der Waals surface area contributed by atoms with Gasteiger partial charge in [0.2, 0.25) is 11.9 Å². The summed E-state index contributed by atoms with van der Waals surface area (Å²) in [5.74, 6) is -1.90. The van der Waals surface area contributed by atoms with E-state index in [1.54, 1.807) is 37.2 Å². The first-order valence-corrected chi connectivity index (χ1v) is 19.4. The first-order chi connectivity index (χ1) is 25.8. The van der Waals surface area contributed by atoms with Crippen LogP contribution in [0.3, 0.4) is 0 Å². The number of nitrogens with zero attached hydrogens (tertiary/aromatic N) is 6. The van der Waals surface area contributed by atoms with Crippen LogP contribution in [0, 0.1) is 17.8 Å². The van der Waals surface area contributed by atoms with Crippen LogP contribution < -0.4 is 19.9 Å². The first-order valence-electron chi connectivity index (χ1n) is 19.4. The maximum Gasteiger partial charge on any atom is 0.434 e. The Morgan fingerprint density at radius 3 is 2.35 bits per heavy atom. The Kier molecular flexibility index (Phi) is 10.5. The summed E-state index contributed by atoms with van der Waals surface area (Å²) in [4.78, 5) is 47.8. The topological polar surface area (TPSA) is 134 Å². The van der Waals surface area contributed by atoms with Gasteiger partial charge >= 0.3 is 12.1 Å². The number of benzene rings is 1. The van der Waals surface area contributed by atoms with Crippen LogP contribution in [0.5, 0.6) is 5.75 Å². The SMILES string of the molecule is CC1CCCC(C(NC(=O)c2cnc(N3CC4(CCCCC4)c4cc(OC5CCN(c6ncccn6)CC5)ccc43)nc2C(F)(F)F)(C(=O)O)C(C)C)C1. The van der Waals surface area contributed by atoms with Crippen LogP contribution in [0.2, 0.25) is 0 Å². The number of nitrogens with one attached hydrogen (secondary N) is 1. The van der Waals surface area contributed by atoms with E-state index in [1.807, 2.05) is 25.1 Å². The molecule has 1 saturated heterocycles. The lowest BCUT2D eigenvalue weighted by molar-refractivity contribution is -0.150. The van der Waals surface area contributed by atoms with Crippen molar-refractivity contribution in [2.45, 2.75) is 115 Å². The normalized spacial score (nSPS) is 22.9. The number of aromatic nitrogens is 4. The number of alkyl halides is 3. The Morgan fingerprint density at radius 1 is 0.981 bits per heavy atom. The second kappa shape index (κ2) is 15.0. The summed E-state index contributed by atoms with van der Waals surface area (Å²) in [5.41, 5.74) is -2.50. The Bertz CT molecular complexity index is 1830. The van der Waals surface area contributed by atoms with Gasteiger partial charge in [-0.25, -0.2) is 24.7 Å². The summed E-state index contributed by atoms with van der Waals surface area (Å²) in [6.07, 6.45) is 8.61. The van der Waals surface area contributed by atoms with Crippen molar-refractivity contribution < 1.29 is 32.6 Å². The average molecular weight is 750 g/mol. The van der Waals surface area contributed by atoms with E-state index in [9.17, 15) is 27.9 Å². The monoisotopic (exact) mass is 749 g/mol. The molecule has 4 aliphatic rings. The molecule has 1 spiro atoms. The third-order valence-corrected chi connectivity index (χ3v) is 12.4. The molecule has 3 atom stereocenters. The summed E-state index contributed by atoms with van der Waals surface area (Å²) in [6, 6.07) is 7.58. The smallest absolute Gasteiger partial charge is 0.434 e. The van der Waals surface area contributed by atoms with Gasteiger partial charge in [0.1, 0.15) is 17.4 Å². The number of fused-ring (bicyclic) bond motifs is 2. The van der Waals surface area contributed by atoms with Gasteiger partial charge in [-0.2, -0.15) is 13.2 Å². The molecule has 54 heavy (non-hydrogen) atoms. The highest BCUT2D eigenvalue weighted by Gasteiger charge is 2.52. The third kappa shape index (κ3) is 7.20. The fourth-order valence-corrected chi connectivity index (χ4v) is 9.56. The van der Waals surface area contributed by atoms with Crippen LogP contribution in [0.25, 0.3) is 0 Å². The minimum Gasteiger partial charge on any atom is -0.490 e. The van der Waals surface area contributed by atoms with Gasteiger partial charge in [0.25, 0.3) is 5.91 Å². The van der Waals surface area contributed by atoms with Gasteiger partial charge in [-0.15, -0.1) is 0 Å². The van der Waals surface area contributed by atoms with Crippen molar-refractivity contribution in [3.8, 4) is 5.75 Å². The minimum absolute atomic E-state index is 0.00346. The molecule has 0 radical (unpaired) electrons. The van der Waals surface area contributed by atoms with Gasteiger partial charge in [-0.05, 0) is 73.3 Å². The fraction of sp³-hybridized carbons (Fsp3) is 0.600. The number of hydrogen-bond acceptors (Lipinski definition) is 9. The van der Waals surface area contributed by atoms with Crippen molar-refractivity contribution in [1.82, 2.24) is 25.3 Å². The molecule has 2 N–H and O–H groups in total. The van der Waals surface area contributed by atoms with Crippen LogP contribution in [-0.2, 0) is 16.4 Å². The second-order valence-corrected chi connectivity index (χ2v) is 16.1. The Hall–Kier alpha value is -4.49. The van der Waals surface area contributed by atoms with E-state index in [-0.39, 0.29) is 23.4 Å². The Balaban J connectivity index is 1.16. The molecule has 2 aromatic heterocycles. The van der Waals surface area contributed by atoms with E-state index in [0.29, 0.717) is 25.3 Å². The van der Waals surface area contributed by atoms with Crippen LogP contribution in [0.15, 0.2) is 42.9 Å². The van der Waals surface area contributed by atoms with Gasteiger partial charge in [0.05, 0.1) is 5.56 Å². The second-order valence-electron chi connectivity index (χ2n) is 16.1. The van der Waals surface area contributed by atoms with Crippen LogP contribution in [-0.4, -0.2) is 68.2 Å². The van der Waals surface area contributed by atoms with Crippen molar-refractivity contribution >= 4 is 29.5 Å². The number of rotatable bonds is 9. The minimum atomic E-state index is -5.00. The molecule has 1 amide bonds. The van der Waals surface area contributed by atoms with E-state index in [0.717, 1.165) is 94.1 Å². The number of carbonyl (C=O) groups is 2. The molecule has 14 heteroatoms. The van der Waals surface area contributed by atoms with Crippen molar-refractivity contribution in [3.63, 3.8) is 0 Å². The number of halogens is 3. The van der Waals surface area contributed by atoms with E-state index in [2.05, 4.69) is 30.2 Å². The van der Waals surface area contributed by atoms with Crippen molar-refractivity contribution in [2.24, 2.45) is 17.8 Å². The van der Waals surface area contributed by atoms with Gasteiger partial charge < -0.3 is 25.0 Å². The Morgan fingerprint density at radius 2 is 1.70 bits per heavy atom. The van der Waals surface area contributed by atoms with Gasteiger partial charge in [0, 0.05) is 62.2 Å². The number of carboxylic acid groups (broad SMARTS) is 1. The third-order valence-electron chi connectivity index (χ3n) is 12.4. The highest BCUT2D eigenvalue weighted by atomic mass is 19.4. The van der Waals surface area contributed by atoms with E-state index in [4.69, 9.17) is 4.74 Å². The number of aliphatic carboxylic acids is 1. The average Bonchev–Trinajstić information content (AvgIpc) is 3.46. The molecule has 2 saturated carbocycles. The predicted octanol–water partition coefficient (Wildman–Crippen LogP) is 7.72. The summed E-state index contributed by atoms with van der Waals surface area (Å²) in [7, 11) is 0. The number of piperidine rings is 1. The summed E-state index contributed by atoms with van der Waals surface area (Å²) < 4.78 is 51.0. The molecule has 3 fully saturated rings. The van der Waals surface area contributed by atoms with Gasteiger partial charge in [-0.1, -0.05) is 52.9 Å². The lowest BCUT2D eigenvalue weighted by atomic mass is 9.66. The molecule has 1 aromatic carbocycles. The van der Waals surface area contributed by atoms with Gasteiger partial charge in [0.15, 0.2) is 5.69 Å². The maximum atomic E-state index is 14.8. The quantitative estimate of drug-likeness (QED) is 0.224. The number of anilines is 3. The summed E-state index contributed by atoms with van der Waals surface area (Å²) >= 11 is 0. The molecule has 3 aromatic rings. The molecule has 3 unspecified atom stereocenters. The molecule has 2 aliphatic heterocycles. The van der Waals surface area contributed by atoms with Crippen molar-refractivity contribution in [1.29, 1.82) is 0 Å². The standard InChI is InChI=1S/C40H50F3N7O4/c1-25(2)39(35(52)53,27-10-7-9-26(3)21-27)48-34(51)30-23-46-37(47-33(30)40(41,42)43)50-24-38(15-5-4-6-16-38)31-22-29(11-12-32(31)50)54-28-13-19-49(20-14-28)36-44-17-8-18-45-36/h8,11-12,17-18,22-23,25-28H,4-7,9-10,13-16,19-21,24H2,1-3H3,(H,48,51)(H,52,53). The molecule has 290 valence electrons. The lowest BCUT2D eigenvalue weighted by Gasteiger charge is -2.44. The molecule has 7 rings (SSSR count). The van der Waals surface area contributed by atoms with Crippen LogP contribution in [0.4, 0.5) is 30.8 Å². The largest absolute Gasteiger partial charge is 0.490 e. The van der Waals surface area contributed by atoms with Crippen molar-refractivity contribution in [3.05, 3.63) is 59.7 Å². The number of hydrogen-bond donors (Lipinski definition) is 2. The van der Waals surface area contributed by atoms with E-state index >= 15 is 0 Å². The predicted molar refractivity (Wildman–Crippen MR) is 197 cm³/mol. The molecular weight excluding hydrogens is 699 g/mol. The molecule has 0 bridgehead atoms. The highest BCUT2D eigenvalue weighted by molar-refractivity contribution is 5.99. The maximum absolute atomic E-state index is 14.8. The fourth-order valence-electron chi connectivity index (χ4n) is 9.56. The lowest BCUT2D eigenvalue weighted by Crippen LogP contribution is -2.63. The molecule has 2 aliphatic carbocycles. The zero-order valence-corrected chi connectivity index (χ0v) is 31.2. The van der Waals surface area contributed by atoms with Crippen molar-refractivity contribution in [2.75, 3.05) is 29.4 Å². The first kappa shape index (κ1) is 37.8. The van der Waals surface area contributed by atoms with E-state index < -0.39 is 46.7 Å². The number of carbonyl (C=O) groups excluding carboxylic acids is 1. The zero-order valence-electron chi connectivity index (χ0n) is 31.2. The molecule has 4 heterocycles. The number of amides is 1. The van der Waals surface area contributed by atoms with Crippen LogP contribution >= 0.6 is 0 Å². The molecular formula is C40H50F3N7O4. The Labute approximate surface area is 314 Å². The van der Waals surface area contributed by atoms with Gasteiger partial charge in [-0.3, -0.25) is 4.79 Å². The number of ether oxygens (including phenoxy) is 1.